The second-order valence-corrected chi connectivity index (χ2v) is 6.08. The average molecular weight is 386 g/mol. The lowest BCUT2D eigenvalue weighted by atomic mass is 10.2. The molecule has 138 valence electrons. The molecule has 0 unspecified atom stereocenters. The maximum atomic E-state index is 12.4. The van der Waals surface area contributed by atoms with Gasteiger partial charge < -0.3 is 14.5 Å². The number of hydrogen-bond donors (Lipinski definition) is 1. The third-order valence-electron chi connectivity index (χ3n) is 3.79. The monoisotopic (exact) mass is 385 g/mol. The second kappa shape index (κ2) is 8.01. The summed E-state index contributed by atoms with van der Waals surface area (Å²) >= 11 is 6.10. The smallest absolute Gasteiger partial charge is 0.337 e. The first-order valence-electron chi connectivity index (χ1n) is 8.02. The van der Waals surface area contributed by atoms with E-state index in [0.29, 0.717) is 28.1 Å². The number of esters is 1. The molecule has 2 heterocycles. The molecule has 1 aromatic carbocycles. The van der Waals surface area contributed by atoms with Crippen molar-refractivity contribution in [1.29, 1.82) is 0 Å². The fourth-order valence-corrected chi connectivity index (χ4v) is 2.58. The average Bonchev–Trinajstić information content (AvgIpc) is 3.04. The Morgan fingerprint density at radius 2 is 2.11 bits per heavy atom. The predicted octanol–water partition coefficient (Wildman–Crippen LogP) is 3.67. The van der Waals surface area contributed by atoms with E-state index in [0.717, 1.165) is 5.56 Å². The number of carbonyl (C=O) groups is 2. The van der Waals surface area contributed by atoms with Crippen molar-refractivity contribution in [1.82, 2.24) is 9.97 Å². The number of amides is 1. The van der Waals surface area contributed by atoms with Crippen LogP contribution in [0.4, 0.5) is 5.69 Å². The van der Waals surface area contributed by atoms with Gasteiger partial charge in [-0.3, -0.25) is 9.78 Å². The van der Waals surface area contributed by atoms with Crippen LogP contribution in [-0.4, -0.2) is 29.0 Å². The van der Waals surface area contributed by atoms with E-state index < -0.39 is 5.97 Å². The van der Waals surface area contributed by atoms with Crippen molar-refractivity contribution in [2.24, 2.45) is 0 Å². The van der Waals surface area contributed by atoms with Crippen molar-refractivity contribution in [2.75, 3.05) is 12.4 Å². The van der Waals surface area contributed by atoms with Gasteiger partial charge in [0.2, 0.25) is 11.8 Å². The molecule has 0 bridgehead atoms. The van der Waals surface area contributed by atoms with Crippen LogP contribution in [0.1, 0.15) is 21.8 Å². The zero-order chi connectivity index (χ0) is 19.4. The van der Waals surface area contributed by atoms with Gasteiger partial charge in [0.05, 0.1) is 41.1 Å². The first-order chi connectivity index (χ1) is 13.0. The Kier molecular flexibility index (Phi) is 5.52. The maximum Gasteiger partial charge on any atom is 0.337 e. The molecular formula is C19H16ClN3O4. The van der Waals surface area contributed by atoms with Crippen LogP contribution in [-0.2, 0) is 16.0 Å². The van der Waals surface area contributed by atoms with E-state index >= 15 is 0 Å². The number of ether oxygens (including phenoxy) is 1. The standard InChI is InChI=1S/C19H16ClN3O4/c1-11-15(23-18(27-11)13-4-3-7-21-10-13)9-17(24)22-16-8-12(19(25)26-2)5-6-14(16)20/h3-8,10H,9H2,1-2H3,(H,22,24). The number of carbonyl (C=O) groups excluding carboxylic acids is 2. The van der Waals surface area contributed by atoms with E-state index in [1.807, 2.05) is 6.07 Å². The van der Waals surface area contributed by atoms with E-state index in [2.05, 4.69) is 20.0 Å². The summed E-state index contributed by atoms with van der Waals surface area (Å²) in [4.78, 5) is 32.4. The molecule has 0 aliphatic carbocycles. The zero-order valence-electron chi connectivity index (χ0n) is 14.7. The number of halogens is 1. The van der Waals surface area contributed by atoms with Gasteiger partial charge in [-0.2, -0.15) is 0 Å². The fourth-order valence-electron chi connectivity index (χ4n) is 2.42. The van der Waals surface area contributed by atoms with Crippen molar-refractivity contribution >= 4 is 29.2 Å². The minimum atomic E-state index is -0.518. The number of anilines is 1. The molecule has 0 spiro atoms. The summed E-state index contributed by atoms with van der Waals surface area (Å²) < 4.78 is 10.3. The molecule has 0 aliphatic heterocycles. The first kappa shape index (κ1) is 18.6. The Labute approximate surface area is 160 Å². The number of benzene rings is 1. The van der Waals surface area contributed by atoms with Gasteiger partial charge >= 0.3 is 5.97 Å². The van der Waals surface area contributed by atoms with Gasteiger partial charge in [0.1, 0.15) is 5.76 Å². The number of hydrogen-bond acceptors (Lipinski definition) is 6. The summed E-state index contributed by atoms with van der Waals surface area (Å²) in [6, 6.07) is 8.09. The molecule has 3 aromatic rings. The van der Waals surface area contributed by atoms with E-state index in [1.54, 1.807) is 25.4 Å². The van der Waals surface area contributed by atoms with Crippen LogP contribution in [0.5, 0.6) is 0 Å². The van der Waals surface area contributed by atoms with Crippen molar-refractivity contribution in [3.8, 4) is 11.5 Å². The number of aryl methyl sites for hydroxylation is 1. The minimum absolute atomic E-state index is 0.00558. The summed E-state index contributed by atoms with van der Waals surface area (Å²) in [6.45, 7) is 1.74. The summed E-state index contributed by atoms with van der Waals surface area (Å²) in [6.07, 6.45) is 3.28. The van der Waals surface area contributed by atoms with Gasteiger partial charge in [0.15, 0.2) is 0 Å². The number of pyridine rings is 1. The molecule has 2 aromatic heterocycles. The second-order valence-electron chi connectivity index (χ2n) is 5.67. The number of nitrogens with zero attached hydrogens (tertiary/aromatic N) is 2. The third kappa shape index (κ3) is 4.32. The normalized spacial score (nSPS) is 10.5. The lowest BCUT2D eigenvalue weighted by Gasteiger charge is -2.08. The fraction of sp³-hybridized carbons (Fsp3) is 0.158. The number of nitrogens with one attached hydrogen (secondary N) is 1. The Balaban J connectivity index is 1.75. The molecule has 27 heavy (non-hydrogen) atoms. The molecule has 0 saturated carbocycles. The van der Waals surface area contributed by atoms with Gasteiger partial charge in [-0.25, -0.2) is 9.78 Å². The number of oxazole rings is 1. The van der Waals surface area contributed by atoms with Crippen LogP contribution >= 0.6 is 11.6 Å². The molecule has 0 atom stereocenters. The van der Waals surface area contributed by atoms with Crippen LogP contribution < -0.4 is 5.32 Å². The lowest BCUT2D eigenvalue weighted by molar-refractivity contribution is -0.115. The van der Waals surface area contributed by atoms with Crippen molar-refractivity contribution in [2.45, 2.75) is 13.3 Å². The van der Waals surface area contributed by atoms with Crippen molar-refractivity contribution in [3.63, 3.8) is 0 Å². The molecule has 1 N–H and O–H groups in total. The predicted molar refractivity (Wildman–Crippen MR) is 99.6 cm³/mol. The Morgan fingerprint density at radius 3 is 2.81 bits per heavy atom. The van der Waals surface area contributed by atoms with Gasteiger partial charge in [-0.05, 0) is 37.3 Å². The summed E-state index contributed by atoms with van der Waals surface area (Å²) in [5, 5.41) is 2.99. The van der Waals surface area contributed by atoms with Gasteiger partial charge in [0.25, 0.3) is 0 Å². The van der Waals surface area contributed by atoms with Crippen molar-refractivity contribution in [3.05, 3.63) is 64.8 Å². The number of aromatic nitrogens is 2. The van der Waals surface area contributed by atoms with Crippen LogP contribution in [0, 0.1) is 6.92 Å². The first-order valence-corrected chi connectivity index (χ1v) is 8.40. The quantitative estimate of drug-likeness (QED) is 0.673. The maximum absolute atomic E-state index is 12.4. The van der Waals surface area contributed by atoms with E-state index in [1.165, 1.54) is 25.3 Å². The topological polar surface area (TPSA) is 94.3 Å². The third-order valence-corrected chi connectivity index (χ3v) is 4.12. The van der Waals surface area contributed by atoms with Crippen LogP contribution in [0.15, 0.2) is 47.1 Å². The van der Waals surface area contributed by atoms with Gasteiger partial charge in [-0.15, -0.1) is 0 Å². The molecule has 1 amide bonds. The molecular weight excluding hydrogens is 370 g/mol. The molecule has 0 fully saturated rings. The highest BCUT2D eigenvalue weighted by molar-refractivity contribution is 6.33. The van der Waals surface area contributed by atoms with E-state index in [-0.39, 0.29) is 17.9 Å². The summed E-state index contributed by atoms with van der Waals surface area (Å²) in [7, 11) is 1.28. The lowest BCUT2D eigenvalue weighted by Crippen LogP contribution is -2.16. The van der Waals surface area contributed by atoms with Crippen LogP contribution in [0.25, 0.3) is 11.5 Å². The Morgan fingerprint density at radius 1 is 1.30 bits per heavy atom. The SMILES string of the molecule is COC(=O)c1ccc(Cl)c(NC(=O)Cc2nc(-c3cccnc3)oc2C)c1. The number of rotatable bonds is 5. The summed E-state index contributed by atoms with van der Waals surface area (Å²) in [5.41, 5.74) is 1.83. The Hall–Kier alpha value is -3.19. The number of methoxy groups -OCH3 is 1. The molecule has 7 nitrogen and oxygen atoms in total. The largest absolute Gasteiger partial charge is 0.465 e. The molecule has 3 rings (SSSR count). The van der Waals surface area contributed by atoms with E-state index in [4.69, 9.17) is 16.0 Å². The van der Waals surface area contributed by atoms with Crippen molar-refractivity contribution < 1.29 is 18.7 Å². The van der Waals surface area contributed by atoms with Crippen LogP contribution in [0.3, 0.4) is 0 Å². The highest BCUT2D eigenvalue weighted by atomic mass is 35.5. The van der Waals surface area contributed by atoms with Gasteiger partial charge in [0, 0.05) is 12.4 Å². The molecule has 0 aliphatic rings. The van der Waals surface area contributed by atoms with Gasteiger partial charge in [-0.1, -0.05) is 11.6 Å². The molecule has 0 saturated heterocycles. The molecule has 8 heteroatoms. The van der Waals surface area contributed by atoms with E-state index in [9.17, 15) is 9.59 Å². The zero-order valence-corrected chi connectivity index (χ0v) is 15.4. The van der Waals surface area contributed by atoms with Crippen LogP contribution in [0.2, 0.25) is 5.02 Å². The minimum Gasteiger partial charge on any atom is -0.465 e. The molecule has 0 radical (unpaired) electrons. The summed E-state index contributed by atoms with van der Waals surface area (Å²) in [5.74, 6) is 0.0798. The Bertz CT molecular complexity index is 986. The highest BCUT2D eigenvalue weighted by Gasteiger charge is 2.16. The highest BCUT2D eigenvalue weighted by Crippen LogP contribution is 2.25.